The van der Waals surface area contributed by atoms with Gasteiger partial charge in [0.1, 0.15) is 5.01 Å². The molecule has 2 aromatic rings. The molecule has 1 aromatic heterocycles. The molecule has 0 aliphatic carbocycles. The Morgan fingerprint density at radius 3 is 2.89 bits per heavy atom. The smallest absolute Gasteiger partial charge is 0.231 e. The lowest BCUT2D eigenvalue weighted by Crippen LogP contribution is -2.14. The van der Waals surface area contributed by atoms with E-state index < -0.39 is 0 Å². The van der Waals surface area contributed by atoms with Gasteiger partial charge < -0.3 is 5.32 Å². The second kappa shape index (κ2) is 6.31. The van der Waals surface area contributed by atoms with E-state index >= 15 is 0 Å². The number of carbonyl (C=O) groups excluding carboxylic acids is 1. The highest BCUT2D eigenvalue weighted by atomic mass is 79.9. The number of benzene rings is 1. The Balaban J connectivity index is 1.99. The van der Waals surface area contributed by atoms with Crippen LogP contribution >= 0.6 is 38.9 Å². The van der Waals surface area contributed by atoms with Gasteiger partial charge in [0.2, 0.25) is 5.91 Å². The molecule has 1 heterocycles. The van der Waals surface area contributed by atoms with Crippen LogP contribution in [0.5, 0.6) is 0 Å². The molecule has 1 N–H and O–H groups in total. The van der Waals surface area contributed by atoms with E-state index in [1.165, 1.54) is 11.3 Å². The van der Waals surface area contributed by atoms with Crippen LogP contribution < -0.4 is 5.32 Å². The molecule has 1 aromatic carbocycles. The third-order valence-corrected chi connectivity index (χ3v) is 4.06. The van der Waals surface area contributed by atoms with Gasteiger partial charge in [-0.2, -0.15) is 0 Å². The van der Waals surface area contributed by atoms with Crippen molar-refractivity contribution in [1.82, 2.24) is 4.98 Å². The zero-order valence-electron chi connectivity index (χ0n) is 9.32. The summed E-state index contributed by atoms with van der Waals surface area (Å²) in [6, 6.07) is 7.49. The van der Waals surface area contributed by atoms with E-state index in [0.29, 0.717) is 5.88 Å². The first-order valence-corrected chi connectivity index (χ1v) is 7.43. The standard InChI is InChI=1S/C12H10BrClN2OS/c13-9-3-1-2-4-10(9)16-11(17)5-12-15-8(6-14)7-18-12/h1-4,7H,5-6H2,(H,16,17). The summed E-state index contributed by atoms with van der Waals surface area (Å²) >= 11 is 10.5. The summed E-state index contributed by atoms with van der Waals surface area (Å²) in [5.41, 5.74) is 1.57. The molecule has 0 aliphatic heterocycles. The van der Waals surface area contributed by atoms with Crippen molar-refractivity contribution in [2.45, 2.75) is 12.3 Å². The van der Waals surface area contributed by atoms with E-state index in [2.05, 4.69) is 26.2 Å². The molecule has 0 spiro atoms. The molecule has 0 saturated heterocycles. The van der Waals surface area contributed by atoms with Gasteiger partial charge in [-0.1, -0.05) is 12.1 Å². The molecule has 0 aliphatic rings. The van der Waals surface area contributed by atoms with Crippen molar-refractivity contribution in [3.63, 3.8) is 0 Å². The van der Waals surface area contributed by atoms with E-state index in [-0.39, 0.29) is 12.3 Å². The average molecular weight is 346 g/mol. The van der Waals surface area contributed by atoms with Crippen molar-refractivity contribution >= 4 is 50.5 Å². The number of carbonyl (C=O) groups is 1. The Hall–Kier alpha value is -0.910. The Morgan fingerprint density at radius 2 is 2.22 bits per heavy atom. The molecular formula is C12H10BrClN2OS. The quantitative estimate of drug-likeness (QED) is 0.856. The molecule has 0 fully saturated rings. The van der Waals surface area contributed by atoms with Crippen LogP contribution in [0.3, 0.4) is 0 Å². The summed E-state index contributed by atoms with van der Waals surface area (Å²) in [6.07, 6.45) is 0.267. The fourth-order valence-electron chi connectivity index (χ4n) is 1.39. The van der Waals surface area contributed by atoms with Gasteiger partial charge in [-0.15, -0.1) is 22.9 Å². The number of nitrogens with zero attached hydrogens (tertiary/aromatic N) is 1. The minimum atomic E-state index is -0.0858. The normalized spacial score (nSPS) is 10.3. The number of thiazole rings is 1. The molecule has 0 saturated carbocycles. The average Bonchev–Trinajstić information content (AvgIpc) is 2.80. The van der Waals surface area contributed by atoms with Crippen LogP contribution in [0.15, 0.2) is 34.1 Å². The van der Waals surface area contributed by atoms with E-state index in [1.54, 1.807) is 0 Å². The highest BCUT2D eigenvalue weighted by Gasteiger charge is 2.09. The van der Waals surface area contributed by atoms with E-state index in [1.807, 2.05) is 29.6 Å². The van der Waals surface area contributed by atoms with Gasteiger partial charge in [-0.3, -0.25) is 4.79 Å². The summed E-state index contributed by atoms with van der Waals surface area (Å²) in [5.74, 6) is 0.292. The van der Waals surface area contributed by atoms with Crippen LogP contribution in [0.1, 0.15) is 10.7 Å². The number of amides is 1. The number of alkyl halides is 1. The highest BCUT2D eigenvalue weighted by Crippen LogP contribution is 2.21. The largest absolute Gasteiger partial charge is 0.325 e. The van der Waals surface area contributed by atoms with Crippen LogP contribution in [-0.4, -0.2) is 10.9 Å². The van der Waals surface area contributed by atoms with Crippen LogP contribution in [-0.2, 0) is 17.1 Å². The Morgan fingerprint density at radius 1 is 1.44 bits per heavy atom. The fraction of sp³-hybridized carbons (Fsp3) is 0.167. The lowest BCUT2D eigenvalue weighted by Gasteiger charge is -2.05. The molecule has 6 heteroatoms. The van der Waals surface area contributed by atoms with Gasteiger partial charge in [0.25, 0.3) is 0 Å². The van der Waals surface area contributed by atoms with Gasteiger partial charge in [-0.05, 0) is 28.1 Å². The van der Waals surface area contributed by atoms with Crippen molar-refractivity contribution in [3.05, 3.63) is 44.8 Å². The minimum absolute atomic E-state index is 0.0858. The summed E-state index contributed by atoms with van der Waals surface area (Å²) in [4.78, 5) is 16.1. The Bertz CT molecular complexity index is 559. The molecule has 1 amide bonds. The first-order chi connectivity index (χ1) is 8.69. The highest BCUT2D eigenvalue weighted by molar-refractivity contribution is 9.10. The van der Waals surface area contributed by atoms with Gasteiger partial charge in [0.15, 0.2) is 0 Å². The summed E-state index contributed by atoms with van der Waals surface area (Å²) < 4.78 is 0.860. The van der Waals surface area contributed by atoms with Gasteiger partial charge >= 0.3 is 0 Å². The number of halogens is 2. The van der Waals surface area contributed by atoms with Crippen molar-refractivity contribution in [2.75, 3.05) is 5.32 Å². The number of hydrogen-bond acceptors (Lipinski definition) is 3. The van der Waals surface area contributed by atoms with Crippen LogP contribution in [0, 0.1) is 0 Å². The van der Waals surface area contributed by atoms with Crippen LogP contribution in [0.25, 0.3) is 0 Å². The number of anilines is 1. The van der Waals surface area contributed by atoms with Gasteiger partial charge in [0, 0.05) is 9.85 Å². The minimum Gasteiger partial charge on any atom is -0.325 e. The number of hydrogen-bond donors (Lipinski definition) is 1. The van der Waals surface area contributed by atoms with E-state index in [4.69, 9.17) is 11.6 Å². The molecule has 0 bridgehead atoms. The van der Waals surface area contributed by atoms with Crippen molar-refractivity contribution in [2.24, 2.45) is 0 Å². The van der Waals surface area contributed by atoms with E-state index in [0.717, 1.165) is 20.9 Å². The van der Waals surface area contributed by atoms with Gasteiger partial charge in [0.05, 0.1) is 23.7 Å². The number of rotatable bonds is 4. The Labute approximate surface area is 122 Å². The van der Waals surface area contributed by atoms with Gasteiger partial charge in [-0.25, -0.2) is 4.98 Å². The monoisotopic (exact) mass is 344 g/mol. The van der Waals surface area contributed by atoms with E-state index in [9.17, 15) is 4.79 Å². The molecule has 2 rings (SSSR count). The predicted octanol–water partition coefficient (Wildman–Crippen LogP) is 3.83. The SMILES string of the molecule is O=C(Cc1nc(CCl)cs1)Nc1ccccc1Br. The first kappa shape index (κ1) is 13.5. The van der Waals surface area contributed by atoms with Crippen molar-refractivity contribution < 1.29 is 4.79 Å². The third-order valence-electron chi connectivity index (χ3n) is 2.20. The lowest BCUT2D eigenvalue weighted by atomic mass is 10.3. The zero-order valence-corrected chi connectivity index (χ0v) is 12.5. The number of aromatic nitrogens is 1. The lowest BCUT2D eigenvalue weighted by molar-refractivity contribution is -0.115. The number of para-hydroxylation sites is 1. The second-order valence-electron chi connectivity index (χ2n) is 3.57. The van der Waals surface area contributed by atoms with Crippen LogP contribution in [0.2, 0.25) is 0 Å². The molecule has 0 atom stereocenters. The van der Waals surface area contributed by atoms with Crippen molar-refractivity contribution in [1.29, 1.82) is 0 Å². The Kier molecular flexibility index (Phi) is 4.74. The maximum atomic E-state index is 11.8. The summed E-state index contributed by atoms with van der Waals surface area (Å²) in [7, 11) is 0. The summed E-state index contributed by atoms with van der Waals surface area (Å²) in [6.45, 7) is 0. The first-order valence-electron chi connectivity index (χ1n) is 5.22. The zero-order chi connectivity index (χ0) is 13.0. The third kappa shape index (κ3) is 3.54. The number of nitrogens with one attached hydrogen (secondary N) is 1. The fourth-order valence-corrected chi connectivity index (χ4v) is 2.79. The molecule has 94 valence electrons. The van der Waals surface area contributed by atoms with Crippen molar-refractivity contribution in [3.8, 4) is 0 Å². The maximum Gasteiger partial charge on any atom is 0.231 e. The summed E-state index contributed by atoms with van der Waals surface area (Å²) in [5, 5.41) is 5.48. The molecule has 3 nitrogen and oxygen atoms in total. The maximum absolute atomic E-state index is 11.8. The molecular weight excluding hydrogens is 336 g/mol. The second-order valence-corrected chi connectivity index (χ2v) is 5.64. The predicted molar refractivity (Wildman–Crippen MR) is 78.1 cm³/mol. The topological polar surface area (TPSA) is 42.0 Å². The molecule has 0 unspecified atom stereocenters. The molecule has 18 heavy (non-hydrogen) atoms. The van der Waals surface area contributed by atoms with Crippen LogP contribution in [0.4, 0.5) is 5.69 Å². The molecule has 0 radical (unpaired) electrons.